The predicted octanol–water partition coefficient (Wildman–Crippen LogP) is 2.91. The first-order valence-corrected chi connectivity index (χ1v) is 7.42. The third-order valence-electron chi connectivity index (χ3n) is 4.26. The molecule has 1 fully saturated rings. The van der Waals surface area contributed by atoms with Crippen LogP contribution in [0.15, 0.2) is 40.5 Å². The maximum absolute atomic E-state index is 12.5. The molecule has 2 atom stereocenters. The fraction of sp³-hybridized carbons (Fsp3) is 0.312. The smallest absolute Gasteiger partial charge is 0.238 e. The molecule has 1 N–H and O–H groups in total. The van der Waals surface area contributed by atoms with Crippen molar-refractivity contribution >= 4 is 34.8 Å². The van der Waals surface area contributed by atoms with E-state index in [9.17, 15) is 9.59 Å². The Bertz CT molecular complexity index is 694. The first-order chi connectivity index (χ1) is 10.5. The molecule has 1 aliphatic heterocycles. The number of hydrogen-bond acceptors (Lipinski definition) is 4. The van der Waals surface area contributed by atoms with Gasteiger partial charge in [-0.05, 0) is 37.5 Å². The Kier molecular flexibility index (Phi) is 3.74. The molecule has 114 valence electrons. The van der Waals surface area contributed by atoms with Crippen molar-refractivity contribution < 1.29 is 14.8 Å². The van der Waals surface area contributed by atoms with E-state index in [0.717, 1.165) is 5.56 Å². The number of rotatable bonds is 2. The predicted molar refractivity (Wildman–Crippen MR) is 83.1 cm³/mol. The number of carbonyl (C=O) groups excluding carboxylic acids is 2. The number of imide groups is 1. The minimum Gasteiger partial charge on any atom is -0.411 e. The van der Waals surface area contributed by atoms with Crippen molar-refractivity contribution in [2.45, 2.75) is 19.8 Å². The molecule has 1 aromatic rings. The number of fused-ring (bicyclic) bond motifs is 1. The molecule has 1 aromatic carbocycles. The highest BCUT2D eigenvalue weighted by atomic mass is 35.5. The Balaban J connectivity index is 1.90. The van der Waals surface area contributed by atoms with E-state index in [1.54, 1.807) is 31.2 Å². The van der Waals surface area contributed by atoms with Gasteiger partial charge in [0.25, 0.3) is 0 Å². The quantitative estimate of drug-likeness (QED) is 0.394. The molecule has 1 aliphatic carbocycles. The largest absolute Gasteiger partial charge is 0.411 e. The van der Waals surface area contributed by atoms with Gasteiger partial charge in [0.15, 0.2) is 0 Å². The zero-order valence-electron chi connectivity index (χ0n) is 12.0. The van der Waals surface area contributed by atoms with E-state index in [1.165, 1.54) is 4.90 Å². The van der Waals surface area contributed by atoms with Gasteiger partial charge in [0, 0.05) is 5.03 Å². The number of allylic oxidation sites excluding steroid dienone is 2. The van der Waals surface area contributed by atoms with Crippen LogP contribution in [0.25, 0.3) is 0 Å². The summed E-state index contributed by atoms with van der Waals surface area (Å²) in [5, 5.41) is 12.5. The van der Waals surface area contributed by atoms with Gasteiger partial charge in [0.05, 0.1) is 23.2 Å². The van der Waals surface area contributed by atoms with Crippen molar-refractivity contribution in [1.82, 2.24) is 0 Å². The van der Waals surface area contributed by atoms with Crippen molar-refractivity contribution in [2.75, 3.05) is 4.90 Å². The number of halogens is 1. The van der Waals surface area contributed by atoms with Gasteiger partial charge in [0.1, 0.15) is 0 Å². The van der Waals surface area contributed by atoms with E-state index in [-0.39, 0.29) is 23.7 Å². The van der Waals surface area contributed by atoms with Gasteiger partial charge in [-0.2, -0.15) is 0 Å². The van der Waals surface area contributed by atoms with Crippen LogP contribution in [0, 0.1) is 11.8 Å². The maximum atomic E-state index is 12.5. The Morgan fingerprint density at radius 2 is 1.86 bits per heavy atom. The molecule has 5 nitrogen and oxygen atoms in total. The average Bonchev–Trinajstić information content (AvgIpc) is 2.78. The van der Waals surface area contributed by atoms with Crippen LogP contribution >= 0.6 is 11.6 Å². The number of benzene rings is 1. The summed E-state index contributed by atoms with van der Waals surface area (Å²) < 4.78 is 0. The van der Waals surface area contributed by atoms with Crippen molar-refractivity contribution in [1.29, 1.82) is 0 Å². The molecule has 2 aliphatic rings. The highest BCUT2D eigenvalue weighted by molar-refractivity contribution is 6.30. The van der Waals surface area contributed by atoms with Gasteiger partial charge in [-0.25, -0.2) is 0 Å². The molecular weight excluding hydrogens is 304 g/mol. The second-order valence-corrected chi connectivity index (χ2v) is 6.03. The number of nitrogens with zero attached hydrogens (tertiary/aromatic N) is 2. The summed E-state index contributed by atoms with van der Waals surface area (Å²) in [5.74, 6) is -1.03. The lowest BCUT2D eigenvalue weighted by Gasteiger charge is -2.17. The molecule has 1 saturated heterocycles. The fourth-order valence-electron chi connectivity index (χ4n) is 2.99. The fourth-order valence-corrected chi connectivity index (χ4v) is 3.25. The molecule has 22 heavy (non-hydrogen) atoms. The molecule has 0 aromatic heterocycles. The van der Waals surface area contributed by atoms with E-state index in [1.807, 2.05) is 6.08 Å². The normalized spacial score (nSPS) is 25.3. The van der Waals surface area contributed by atoms with Gasteiger partial charge >= 0.3 is 0 Å². The monoisotopic (exact) mass is 318 g/mol. The topological polar surface area (TPSA) is 70.0 Å². The number of carbonyl (C=O) groups is 2. The zero-order chi connectivity index (χ0) is 15.9. The minimum absolute atomic E-state index is 0.171. The van der Waals surface area contributed by atoms with Crippen LogP contribution < -0.4 is 4.90 Å². The van der Waals surface area contributed by atoms with Crippen LogP contribution in [0.2, 0.25) is 0 Å². The number of amides is 2. The summed E-state index contributed by atoms with van der Waals surface area (Å²) >= 11 is 6.00. The third-order valence-corrected chi connectivity index (χ3v) is 4.57. The maximum Gasteiger partial charge on any atom is 0.238 e. The van der Waals surface area contributed by atoms with Gasteiger partial charge in [-0.1, -0.05) is 35.0 Å². The molecule has 0 bridgehead atoms. The third kappa shape index (κ3) is 2.31. The molecule has 0 saturated carbocycles. The Morgan fingerprint density at radius 3 is 2.50 bits per heavy atom. The minimum atomic E-state index is -0.356. The van der Waals surface area contributed by atoms with Crippen LogP contribution in [-0.2, 0) is 9.59 Å². The first-order valence-electron chi connectivity index (χ1n) is 7.04. The molecule has 0 radical (unpaired) electrons. The molecule has 3 rings (SSSR count). The lowest BCUT2D eigenvalue weighted by Crippen LogP contribution is -2.30. The lowest BCUT2D eigenvalue weighted by molar-refractivity contribution is -0.122. The summed E-state index contributed by atoms with van der Waals surface area (Å²) in [4.78, 5) is 26.3. The standard InChI is InChI=1S/C16H15ClN2O3/c1-9(18-22)10-2-5-12(6-3-10)19-15(20)13-7-4-11(17)8-14(13)16(19)21/h2-6,13-14,22H,7-8H2,1H3/b18-9+. The summed E-state index contributed by atoms with van der Waals surface area (Å²) in [6.07, 6.45) is 2.77. The highest BCUT2D eigenvalue weighted by Gasteiger charge is 2.48. The lowest BCUT2D eigenvalue weighted by atomic mass is 9.85. The van der Waals surface area contributed by atoms with Crippen molar-refractivity contribution in [2.24, 2.45) is 17.0 Å². The van der Waals surface area contributed by atoms with Gasteiger partial charge in [-0.15, -0.1) is 0 Å². The zero-order valence-corrected chi connectivity index (χ0v) is 12.7. The summed E-state index contributed by atoms with van der Waals surface area (Å²) in [6, 6.07) is 6.81. The van der Waals surface area contributed by atoms with Crippen molar-refractivity contribution in [3.8, 4) is 0 Å². The molecule has 1 heterocycles. The van der Waals surface area contributed by atoms with Crippen LogP contribution in [0.3, 0.4) is 0 Å². The molecular formula is C16H15ClN2O3. The van der Waals surface area contributed by atoms with E-state index >= 15 is 0 Å². The SMILES string of the molecule is C/C(=N\O)c1ccc(N2C(=O)C3CC=C(Cl)CC3C2=O)cc1. The van der Waals surface area contributed by atoms with Crippen molar-refractivity contribution in [3.63, 3.8) is 0 Å². The number of anilines is 1. The van der Waals surface area contributed by atoms with Crippen LogP contribution in [-0.4, -0.2) is 22.7 Å². The number of hydrogen-bond donors (Lipinski definition) is 1. The second-order valence-electron chi connectivity index (χ2n) is 5.55. The summed E-state index contributed by atoms with van der Waals surface area (Å²) in [5.41, 5.74) is 1.73. The van der Waals surface area contributed by atoms with E-state index in [0.29, 0.717) is 29.3 Å². The Hall–Kier alpha value is -2.14. The number of oxime groups is 1. The first kappa shape index (κ1) is 14.8. The Labute approximate surface area is 132 Å². The average molecular weight is 319 g/mol. The molecule has 6 heteroatoms. The van der Waals surface area contributed by atoms with Gasteiger partial charge in [-0.3, -0.25) is 14.5 Å². The van der Waals surface area contributed by atoms with Crippen LogP contribution in [0.5, 0.6) is 0 Å². The highest BCUT2D eigenvalue weighted by Crippen LogP contribution is 2.40. The molecule has 0 spiro atoms. The summed E-state index contributed by atoms with van der Waals surface area (Å²) in [7, 11) is 0. The molecule has 2 amide bonds. The van der Waals surface area contributed by atoms with Crippen molar-refractivity contribution in [3.05, 3.63) is 40.9 Å². The summed E-state index contributed by atoms with van der Waals surface area (Å²) in [6.45, 7) is 1.67. The van der Waals surface area contributed by atoms with Gasteiger partial charge in [0.2, 0.25) is 11.8 Å². The van der Waals surface area contributed by atoms with Crippen LogP contribution in [0.4, 0.5) is 5.69 Å². The van der Waals surface area contributed by atoms with E-state index in [2.05, 4.69) is 5.16 Å². The van der Waals surface area contributed by atoms with Gasteiger partial charge < -0.3 is 5.21 Å². The second kappa shape index (κ2) is 5.57. The van der Waals surface area contributed by atoms with E-state index in [4.69, 9.17) is 16.8 Å². The van der Waals surface area contributed by atoms with E-state index < -0.39 is 0 Å². The Morgan fingerprint density at radius 1 is 1.23 bits per heavy atom. The van der Waals surface area contributed by atoms with Crippen LogP contribution in [0.1, 0.15) is 25.3 Å². The molecule has 2 unspecified atom stereocenters.